The summed E-state index contributed by atoms with van der Waals surface area (Å²) in [5, 5.41) is 3.46. The molecular formula is C15H10F2N2OS. The lowest BCUT2D eigenvalue weighted by Gasteiger charge is -2.02. The molecule has 0 aliphatic heterocycles. The fraction of sp³-hybridized carbons (Fsp3) is 0.0667. The summed E-state index contributed by atoms with van der Waals surface area (Å²) in [5.41, 5.74) is 1.11. The van der Waals surface area contributed by atoms with Crippen LogP contribution in [0.15, 0.2) is 42.5 Å². The summed E-state index contributed by atoms with van der Waals surface area (Å²) in [6.45, 7) is 0.0495. The van der Waals surface area contributed by atoms with Crippen molar-refractivity contribution in [1.82, 2.24) is 4.98 Å². The fourth-order valence-electron chi connectivity index (χ4n) is 1.87. The van der Waals surface area contributed by atoms with Gasteiger partial charge in [-0.15, -0.1) is 0 Å². The van der Waals surface area contributed by atoms with Gasteiger partial charge in [0.15, 0.2) is 10.9 Å². The first-order valence-corrected chi connectivity index (χ1v) is 7.02. The van der Waals surface area contributed by atoms with Crippen LogP contribution in [0, 0.1) is 11.6 Å². The van der Waals surface area contributed by atoms with Crippen LogP contribution in [-0.2, 0) is 0 Å². The molecule has 106 valence electrons. The van der Waals surface area contributed by atoms with Crippen molar-refractivity contribution in [3.05, 3.63) is 59.7 Å². The normalized spacial score (nSPS) is 10.8. The van der Waals surface area contributed by atoms with Gasteiger partial charge in [-0.25, -0.2) is 13.8 Å². The van der Waals surface area contributed by atoms with E-state index in [9.17, 15) is 13.6 Å². The lowest BCUT2D eigenvalue weighted by Crippen LogP contribution is -2.13. The molecule has 21 heavy (non-hydrogen) atoms. The minimum absolute atomic E-state index is 0.0495. The Hall–Kier alpha value is -2.34. The molecule has 3 rings (SSSR count). The molecular weight excluding hydrogens is 294 g/mol. The molecule has 0 aliphatic rings. The second-order valence-electron chi connectivity index (χ2n) is 4.41. The molecule has 1 heterocycles. The van der Waals surface area contributed by atoms with Crippen molar-refractivity contribution in [1.29, 1.82) is 0 Å². The highest BCUT2D eigenvalue weighted by atomic mass is 32.1. The molecule has 0 saturated heterocycles. The molecule has 6 heteroatoms. The second kappa shape index (κ2) is 5.57. The minimum Gasteiger partial charge on any atom is -0.354 e. The third kappa shape index (κ3) is 3.05. The van der Waals surface area contributed by atoms with Crippen molar-refractivity contribution in [2.75, 3.05) is 11.9 Å². The van der Waals surface area contributed by atoms with E-state index in [2.05, 4.69) is 10.3 Å². The number of benzene rings is 2. The third-order valence-electron chi connectivity index (χ3n) is 2.92. The zero-order valence-electron chi connectivity index (χ0n) is 10.8. The number of nitrogens with zero attached hydrogens (tertiary/aromatic N) is 1. The third-order valence-corrected chi connectivity index (χ3v) is 3.89. The summed E-state index contributed by atoms with van der Waals surface area (Å²) in [5.74, 6) is -0.867. The highest BCUT2D eigenvalue weighted by molar-refractivity contribution is 7.22. The van der Waals surface area contributed by atoms with Crippen LogP contribution >= 0.6 is 11.3 Å². The van der Waals surface area contributed by atoms with Gasteiger partial charge in [-0.3, -0.25) is 4.79 Å². The lowest BCUT2D eigenvalue weighted by atomic mass is 10.1. The van der Waals surface area contributed by atoms with Crippen LogP contribution in [0.25, 0.3) is 10.2 Å². The van der Waals surface area contributed by atoms with Crippen LogP contribution in [-0.4, -0.2) is 17.3 Å². The number of thiazole rings is 1. The Morgan fingerprint density at radius 2 is 1.81 bits per heavy atom. The van der Waals surface area contributed by atoms with Crippen molar-refractivity contribution in [2.24, 2.45) is 0 Å². The van der Waals surface area contributed by atoms with E-state index in [1.807, 2.05) is 0 Å². The number of anilines is 1. The van der Waals surface area contributed by atoms with Gasteiger partial charge in [0.05, 0.1) is 16.8 Å². The van der Waals surface area contributed by atoms with Crippen LogP contribution in [0.2, 0.25) is 0 Å². The number of Topliss-reactive ketones (excluding diaryl/α,β-unsaturated/α-hetero) is 1. The SMILES string of the molecule is O=C(CNc1nc2ccc(F)cc2s1)c1ccc(F)cc1. The van der Waals surface area contributed by atoms with Crippen LogP contribution in [0.4, 0.5) is 13.9 Å². The summed E-state index contributed by atoms with van der Waals surface area (Å²) >= 11 is 1.28. The van der Waals surface area contributed by atoms with Gasteiger partial charge in [0.2, 0.25) is 0 Å². The zero-order valence-corrected chi connectivity index (χ0v) is 11.6. The number of carbonyl (C=O) groups excluding carboxylic acids is 1. The van der Waals surface area contributed by atoms with Crippen LogP contribution < -0.4 is 5.32 Å². The summed E-state index contributed by atoms with van der Waals surface area (Å²) < 4.78 is 26.6. The van der Waals surface area contributed by atoms with Crippen molar-refractivity contribution in [3.63, 3.8) is 0 Å². The Balaban J connectivity index is 1.71. The minimum atomic E-state index is -0.382. The van der Waals surface area contributed by atoms with Gasteiger partial charge in [-0.1, -0.05) is 11.3 Å². The van der Waals surface area contributed by atoms with Crippen LogP contribution in [0.1, 0.15) is 10.4 Å². The van der Waals surface area contributed by atoms with Gasteiger partial charge in [0, 0.05) is 5.56 Å². The van der Waals surface area contributed by atoms with Gasteiger partial charge in [0.25, 0.3) is 0 Å². The standard InChI is InChI=1S/C15H10F2N2OS/c16-10-3-1-9(2-4-10)13(20)8-18-15-19-12-6-5-11(17)7-14(12)21-15/h1-7H,8H2,(H,18,19). The average Bonchev–Trinajstić information content (AvgIpc) is 2.87. The van der Waals surface area contributed by atoms with E-state index in [4.69, 9.17) is 0 Å². The first kappa shape index (κ1) is 13.6. The Kier molecular flexibility index (Phi) is 3.62. The number of halogens is 2. The van der Waals surface area contributed by atoms with E-state index >= 15 is 0 Å². The number of nitrogens with one attached hydrogen (secondary N) is 1. The first-order chi connectivity index (χ1) is 10.1. The molecule has 1 N–H and O–H groups in total. The van der Waals surface area contributed by atoms with E-state index < -0.39 is 0 Å². The van der Waals surface area contributed by atoms with Gasteiger partial charge in [0.1, 0.15) is 11.6 Å². The molecule has 0 fully saturated rings. The molecule has 0 atom stereocenters. The topological polar surface area (TPSA) is 42.0 Å². The van der Waals surface area contributed by atoms with Crippen molar-refractivity contribution in [2.45, 2.75) is 0 Å². The number of carbonyl (C=O) groups is 1. The van der Waals surface area contributed by atoms with E-state index in [0.29, 0.717) is 20.9 Å². The molecule has 3 aromatic rings. The molecule has 0 unspecified atom stereocenters. The predicted octanol–water partition coefficient (Wildman–Crippen LogP) is 3.87. The van der Waals surface area contributed by atoms with E-state index in [1.54, 1.807) is 6.07 Å². The van der Waals surface area contributed by atoms with Crippen molar-refractivity contribution >= 4 is 32.5 Å². The number of ketones is 1. The molecule has 0 amide bonds. The van der Waals surface area contributed by atoms with Gasteiger partial charge in [-0.05, 0) is 42.5 Å². The molecule has 0 saturated carbocycles. The largest absolute Gasteiger partial charge is 0.354 e. The van der Waals surface area contributed by atoms with Gasteiger partial charge in [-0.2, -0.15) is 0 Å². The van der Waals surface area contributed by atoms with E-state index in [-0.39, 0.29) is 24.0 Å². The Morgan fingerprint density at radius 3 is 2.57 bits per heavy atom. The highest BCUT2D eigenvalue weighted by Gasteiger charge is 2.08. The molecule has 0 aliphatic carbocycles. The van der Waals surface area contributed by atoms with Gasteiger partial charge >= 0.3 is 0 Å². The Labute approximate surface area is 123 Å². The molecule has 0 bridgehead atoms. The molecule has 1 aromatic heterocycles. The second-order valence-corrected chi connectivity index (χ2v) is 5.45. The van der Waals surface area contributed by atoms with Crippen LogP contribution in [0.3, 0.4) is 0 Å². The number of aromatic nitrogens is 1. The quantitative estimate of drug-likeness (QED) is 0.744. The molecule has 0 spiro atoms. The number of hydrogen-bond acceptors (Lipinski definition) is 4. The van der Waals surface area contributed by atoms with E-state index in [1.165, 1.54) is 47.7 Å². The van der Waals surface area contributed by atoms with Crippen molar-refractivity contribution in [3.8, 4) is 0 Å². The molecule has 2 aromatic carbocycles. The number of hydrogen-bond donors (Lipinski definition) is 1. The summed E-state index contributed by atoms with van der Waals surface area (Å²) in [6.07, 6.45) is 0. The average molecular weight is 304 g/mol. The predicted molar refractivity (Wildman–Crippen MR) is 78.8 cm³/mol. The van der Waals surface area contributed by atoms with Crippen molar-refractivity contribution < 1.29 is 13.6 Å². The van der Waals surface area contributed by atoms with Crippen LogP contribution in [0.5, 0.6) is 0 Å². The Bertz CT molecular complexity index is 799. The maximum absolute atomic E-state index is 13.1. The fourth-order valence-corrected chi connectivity index (χ4v) is 2.75. The maximum atomic E-state index is 13.1. The lowest BCUT2D eigenvalue weighted by molar-refractivity contribution is 0.101. The van der Waals surface area contributed by atoms with Gasteiger partial charge < -0.3 is 5.32 Å². The summed E-state index contributed by atoms with van der Waals surface area (Å²) in [6, 6.07) is 9.70. The summed E-state index contributed by atoms with van der Waals surface area (Å²) in [4.78, 5) is 16.2. The first-order valence-electron chi connectivity index (χ1n) is 6.20. The monoisotopic (exact) mass is 304 g/mol. The Morgan fingerprint density at radius 1 is 1.10 bits per heavy atom. The maximum Gasteiger partial charge on any atom is 0.184 e. The zero-order chi connectivity index (χ0) is 14.8. The smallest absolute Gasteiger partial charge is 0.184 e. The molecule has 3 nitrogen and oxygen atoms in total. The molecule has 0 radical (unpaired) electrons. The highest BCUT2D eigenvalue weighted by Crippen LogP contribution is 2.26. The number of fused-ring (bicyclic) bond motifs is 1. The van der Waals surface area contributed by atoms with E-state index in [0.717, 1.165) is 0 Å². The number of rotatable bonds is 4. The summed E-state index contributed by atoms with van der Waals surface area (Å²) in [7, 11) is 0.